The summed E-state index contributed by atoms with van der Waals surface area (Å²) in [4.78, 5) is 2.67. The van der Waals surface area contributed by atoms with E-state index in [1.807, 2.05) is 0 Å². The molecule has 1 saturated heterocycles. The van der Waals surface area contributed by atoms with E-state index < -0.39 is 0 Å². The molecule has 3 unspecified atom stereocenters. The third-order valence-electron chi connectivity index (χ3n) is 4.00. The van der Waals surface area contributed by atoms with E-state index >= 15 is 0 Å². The van der Waals surface area contributed by atoms with E-state index in [0.29, 0.717) is 6.04 Å². The minimum Gasteiger partial charge on any atom is -0.316 e. The van der Waals surface area contributed by atoms with Crippen LogP contribution in [0.15, 0.2) is 0 Å². The summed E-state index contributed by atoms with van der Waals surface area (Å²) in [6.07, 6.45) is 5.38. The first-order valence-corrected chi connectivity index (χ1v) is 6.60. The Hall–Kier alpha value is -0.0800. The van der Waals surface area contributed by atoms with Crippen molar-refractivity contribution in [1.82, 2.24) is 10.2 Å². The second kappa shape index (κ2) is 6.49. The topological polar surface area (TPSA) is 15.3 Å². The van der Waals surface area contributed by atoms with Gasteiger partial charge in [-0.05, 0) is 45.7 Å². The van der Waals surface area contributed by atoms with Gasteiger partial charge in [0.1, 0.15) is 0 Å². The molecule has 1 fully saturated rings. The van der Waals surface area contributed by atoms with Crippen LogP contribution < -0.4 is 5.32 Å². The second-order valence-electron chi connectivity index (χ2n) is 5.13. The summed E-state index contributed by atoms with van der Waals surface area (Å²) in [5.74, 6) is 0.873. The number of nitrogens with one attached hydrogen (secondary N) is 1. The first-order valence-electron chi connectivity index (χ1n) is 6.60. The van der Waals surface area contributed by atoms with Crippen molar-refractivity contribution in [3.05, 3.63) is 0 Å². The SMILES string of the molecule is CCCC(CN1CCCC(C)C1C)NC. The van der Waals surface area contributed by atoms with Gasteiger partial charge in [0.25, 0.3) is 0 Å². The fourth-order valence-electron chi connectivity index (χ4n) is 2.64. The normalized spacial score (nSPS) is 30.4. The Morgan fingerprint density at radius 2 is 2.13 bits per heavy atom. The predicted octanol–water partition coefficient (Wildman–Crippen LogP) is 2.49. The molecule has 90 valence electrons. The smallest absolute Gasteiger partial charge is 0.0192 e. The molecule has 1 N–H and O–H groups in total. The molecule has 0 amide bonds. The number of rotatable bonds is 5. The van der Waals surface area contributed by atoms with E-state index in [1.165, 1.54) is 38.8 Å². The summed E-state index contributed by atoms with van der Waals surface area (Å²) in [5.41, 5.74) is 0. The maximum atomic E-state index is 3.44. The van der Waals surface area contributed by atoms with Gasteiger partial charge in [-0.2, -0.15) is 0 Å². The molecule has 1 aliphatic heterocycles. The summed E-state index contributed by atoms with van der Waals surface area (Å²) in [5, 5.41) is 3.44. The molecule has 1 heterocycles. The summed E-state index contributed by atoms with van der Waals surface area (Å²) in [7, 11) is 2.10. The molecule has 0 aliphatic carbocycles. The van der Waals surface area contributed by atoms with Crippen molar-refractivity contribution in [2.75, 3.05) is 20.1 Å². The van der Waals surface area contributed by atoms with Gasteiger partial charge in [0.15, 0.2) is 0 Å². The van der Waals surface area contributed by atoms with Gasteiger partial charge in [0, 0.05) is 18.6 Å². The number of piperidine rings is 1. The standard InChI is InChI=1S/C13H28N2/c1-5-7-13(14-4)10-15-9-6-8-11(2)12(15)3/h11-14H,5-10H2,1-4H3. The lowest BCUT2D eigenvalue weighted by Gasteiger charge is -2.39. The molecule has 2 heteroatoms. The average molecular weight is 212 g/mol. The van der Waals surface area contributed by atoms with Crippen LogP contribution in [0.2, 0.25) is 0 Å². The van der Waals surface area contributed by atoms with Crippen LogP contribution in [0.3, 0.4) is 0 Å². The zero-order valence-corrected chi connectivity index (χ0v) is 10.9. The molecule has 0 aromatic rings. The monoisotopic (exact) mass is 212 g/mol. The molecule has 15 heavy (non-hydrogen) atoms. The van der Waals surface area contributed by atoms with E-state index in [1.54, 1.807) is 0 Å². The Morgan fingerprint density at radius 3 is 2.73 bits per heavy atom. The molecule has 2 nitrogen and oxygen atoms in total. The molecule has 1 rings (SSSR count). The van der Waals surface area contributed by atoms with Crippen LogP contribution in [0.5, 0.6) is 0 Å². The Kier molecular flexibility index (Phi) is 5.62. The van der Waals surface area contributed by atoms with Gasteiger partial charge < -0.3 is 5.32 Å². The number of likely N-dealkylation sites (N-methyl/N-ethyl adjacent to an activating group) is 1. The van der Waals surface area contributed by atoms with Crippen LogP contribution in [0, 0.1) is 5.92 Å². The van der Waals surface area contributed by atoms with Gasteiger partial charge in [-0.15, -0.1) is 0 Å². The lowest BCUT2D eigenvalue weighted by molar-refractivity contribution is 0.101. The van der Waals surface area contributed by atoms with E-state index in [4.69, 9.17) is 0 Å². The van der Waals surface area contributed by atoms with Crippen molar-refractivity contribution >= 4 is 0 Å². The van der Waals surface area contributed by atoms with Gasteiger partial charge in [0.05, 0.1) is 0 Å². The third kappa shape index (κ3) is 3.76. The number of hydrogen-bond donors (Lipinski definition) is 1. The highest BCUT2D eigenvalue weighted by Crippen LogP contribution is 2.23. The molecular weight excluding hydrogens is 184 g/mol. The van der Waals surface area contributed by atoms with Crippen molar-refractivity contribution < 1.29 is 0 Å². The zero-order valence-electron chi connectivity index (χ0n) is 10.9. The van der Waals surface area contributed by atoms with Crippen LogP contribution in [0.25, 0.3) is 0 Å². The van der Waals surface area contributed by atoms with Gasteiger partial charge in [-0.25, -0.2) is 0 Å². The summed E-state index contributed by atoms with van der Waals surface area (Å²) in [6.45, 7) is 9.59. The minimum absolute atomic E-state index is 0.683. The van der Waals surface area contributed by atoms with E-state index in [2.05, 4.69) is 38.0 Å². The number of nitrogens with zero attached hydrogens (tertiary/aromatic N) is 1. The highest BCUT2D eigenvalue weighted by Gasteiger charge is 2.25. The van der Waals surface area contributed by atoms with Gasteiger partial charge in [-0.1, -0.05) is 20.3 Å². The van der Waals surface area contributed by atoms with Crippen molar-refractivity contribution in [2.24, 2.45) is 5.92 Å². The fourth-order valence-corrected chi connectivity index (χ4v) is 2.64. The zero-order chi connectivity index (χ0) is 11.3. The van der Waals surface area contributed by atoms with Crippen LogP contribution in [-0.4, -0.2) is 37.1 Å². The maximum Gasteiger partial charge on any atom is 0.0192 e. The Labute approximate surface area is 95.4 Å². The van der Waals surface area contributed by atoms with E-state index in [-0.39, 0.29) is 0 Å². The maximum absolute atomic E-state index is 3.44. The Morgan fingerprint density at radius 1 is 1.40 bits per heavy atom. The third-order valence-corrected chi connectivity index (χ3v) is 4.00. The lowest BCUT2D eigenvalue weighted by Crippen LogP contribution is -2.48. The van der Waals surface area contributed by atoms with Crippen LogP contribution in [0.4, 0.5) is 0 Å². The van der Waals surface area contributed by atoms with Gasteiger partial charge >= 0.3 is 0 Å². The first kappa shape index (κ1) is 13.0. The largest absolute Gasteiger partial charge is 0.316 e. The highest BCUT2D eigenvalue weighted by molar-refractivity contribution is 4.81. The lowest BCUT2D eigenvalue weighted by atomic mass is 9.91. The summed E-state index contributed by atoms with van der Waals surface area (Å²) < 4.78 is 0. The van der Waals surface area contributed by atoms with Gasteiger partial charge in [-0.3, -0.25) is 4.90 Å². The second-order valence-corrected chi connectivity index (χ2v) is 5.13. The van der Waals surface area contributed by atoms with Crippen LogP contribution >= 0.6 is 0 Å². The Bertz CT molecular complexity index is 170. The molecule has 0 radical (unpaired) electrons. The van der Waals surface area contributed by atoms with Crippen LogP contribution in [-0.2, 0) is 0 Å². The van der Waals surface area contributed by atoms with E-state index in [9.17, 15) is 0 Å². The summed E-state index contributed by atoms with van der Waals surface area (Å²) in [6, 6.07) is 1.45. The minimum atomic E-state index is 0.683. The summed E-state index contributed by atoms with van der Waals surface area (Å²) >= 11 is 0. The van der Waals surface area contributed by atoms with Crippen molar-refractivity contribution in [3.63, 3.8) is 0 Å². The van der Waals surface area contributed by atoms with Crippen molar-refractivity contribution in [2.45, 2.75) is 58.5 Å². The van der Waals surface area contributed by atoms with Crippen molar-refractivity contribution in [3.8, 4) is 0 Å². The molecule has 0 bridgehead atoms. The number of likely N-dealkylation sites (tertiary alicyclic amines) is 1. The number of hydrogen-bond acceptors (Lipinski definition) is 2. The molecular formula is C13H28N2. The van der Waals surface area contributed by atoms with Crippen molar-refractivity contribution in [1.29, 1.82) is 0 Å². The molecule has 3 atom stereocenters. The molecule has 0 spiro atoms. The van der Waals surface area contributed by atoms with Crippen LogP contribution in [0.1, 0.15) is 46.5 Å². The quantitative estimate of drug-likeness (QED) is 0.753. The fraction of sp³-hybridized carbons (Fsp3) is 1.00. The predicted molar refractivity (Wildman–Crippen MR) is 67.2 cm³/mol. The molecule has 0 aromatic heterocycles. The van der Waals surface area contributed by atoms with Gasteiger partial charge in [0.2, 0.25) is 0 Å². The molecule has 0 saturated carbocycles. The first-order chi connectivity index (χ1) is 7.19. The molecule has 0 aromatic carbocycles. The highest BCUT2D eigenvalue weighted by atomic mass is 15.2. The average Bonchev–Trinajstić information content (AvgIpc) is 2.24. The molecule has 1 aliphatic rings. The Balaban J connectivity index is 2.40. The van der Waals surface area contributed by atoms with E-state index in [0.717, 1.165) is 12.0 Å².